The van der Waals surface area contributed by atoms with Crippen LogP contribution in [0.5, 0.6) is 0 Å². The van der Waals surface area contributed by atoms with Gasteiger partial charge in [-0.25, -0.2) is 4.39 Å². The fraction of sp³-hybridized carbons (Fsp3) is 0.214. The summed E-state index contributed by atoms with van der Waals surface area (Å²) in [4.78, 5) is 0. The molecule has 98 valence electrons. The van der Waals surface area contributed by atoms with E-state index in [2.05, 4.69) is 16.9 Å². The number of hydrogen-bond donors (Lipinski definition) is 1. The predicted molar refractivity (Wildman–Crippen MR) is 71.3 cm³/mol. The van der Waals surface area contributed by atoms with E-state index < -0.39 is 0 Å². The molecule has 0 atom stereocenters. The Morgan fingerprint density at radius 3 is 2.89 bits per heavy atom. The lowest BCUT2D eigenvalue weighted by molar-refractivity contribution is 0.305. The number of hydrogen-bond acceptors (Lipinski definition) is 2. The zero-order chi connectivity index (χ0) is 13.7. The fourth-order valence-electron chi connectivity index (χ4n) is 1.65. The Labute approximate surface area is 115 Å². The molecule has 0 spiro atoms. The predicted octanol–water partition coefficient (Wildman–Crippen LogP) is 2.46. The summed E-state index contributed by atoms with van der Waals surface area (Å²) in [5, 5.41) is 13.2. The van der Waals surface area contributed by atoms with E-state index in [1.165, 1.54) is 18.3 Å². The second-order valence-corrected chi connectivity index (χ2v) is 4.42. The first-order valence-electron chi connectivity index (χ1n) is 5.74. The minimum atomic E-state index is -0.343. The first kappa shape index (κ1) is 13.6. The van der Waals surface area contributed by atoms with Crippen molar-refractivity contribution in [1.82, 2.24) is 9.78 Å². The van der Waals surface area contributed by atoms with Crippen LogP contribution in [-0.2, 0) is 6.54 Å². The summed E-state index contributed by atoms with van der Waals surface area (Å²) in [6, 6.07) is 4.60. The molecule has 1 aromatic heterocycles. The van der Waals surface area contributed by atoms with Crippen LogP contribution in [0.25, 0.3) is 0 Å². The molecule has 5 heteroatoms. The number of aliphatic hydroxyl groups is 1. The van der Waals surface area contributed by atoms with Crippen LogP contribution in [0.2, 0.25) is 5.02 Å². The molecule has 0 aliphatic carbocycles. The molecule has 0 radical (unpaired) electrons. The third kappa shape index (κ3) is 4.09. The molecule has 2 aromatic rings. The summed E-state index contributed by atoms with van der Waals surface area (Å²) in [7, 11) is 0. The summed E-state index contributed by atoms with van der Waals surface area (Å²) in [5.74, 6) is 5.23. The zero-order valence-corrected chi connectivity index (χ0v) is 10.9. The molecule has 1 heterocycles. The summed E-state index contributed by atoms with van der Waals surface area (Å²) in [6.45, 7) is 0.431. The molecular weight excluding hydrogens is 267 g/mol. The van der Waals surface area contributed by atoms with Crippen LogP contribution in [0.15, 0.2) is 30.6 Å². The zero-order valence-electron chi connectivity index (χ0n) is 10.1. The molecule has 1 N–H and O–H groups in total. The molecule has 0 aliphatic rings. The Hall–Kier alpha value is -1.83. The maximum Gasteiger partial charge on any atom is 0.124 e. The smallest absolute Gasteiger partial charge is 0.124 e. The summed E-state index contributed by atoms with van der Waals surface area (Å²) in [5.41, 5.74) is 1.34. The Morgan fingerprint density at radius 2 is 2.21 bits per heavy atom. The quantitative estimate of drug-likeness (QED) is 0.876. The van der Waals surface area contributed by atoms with Crippen molar-refractivity contribution in [1.29, 1.82) is 0 Å². The number of benzene rings is 1. The molecule has 0 saturated heterocycles. The Bertz CT molecular complexity index is 628. The highest BCUT2D eigenvalue weighted by molar-refractivity contribution is 6.30. The highest BCUT2D eigenvalue weighted by atomic mass is 35.5. The normalized spacial score (nSPS) is 10.1. The van der Waals surface area contributed by atoms with Crippen molar-refractivity contribution in [3.8, 4) is 11.8 Å². The number of aliphatic hydroxyl groups excluding tert-OH is 1. The van der Waals surface area contributed by atoms with E-state index in [0.29, 0.717) is 23.6 Å². The third-order valence-corrected chi connectivity index (χ3v) is 2.57. The molecule has 0 amide bonds. The lowest BCUT2D eigenvalue weighted by Crippen LogP contribution is -2.00. The van der Waals surface area contributed by atoms with Gasteiger partial charge in [0.2, 0.25) is 0 Å². The summed E-state index contributed by atoms with van der Waals surface area (Å²) >= 11 is 5.77. The second kappa shape index (κ2) is 6.37. The van der Waals surface area contributed by atoms with Gasteiger partial charge in [-0.1, -0.05) is 23.4 Å². The van der Waals surface area contributed by atoms with Crippen molar-refractivity contribution in [3.05, 3.63) is 52.6 Å². The van der Waals surface area contributed by atoms with Gasteiger partial charge in [0, 0.05) is 18.2 Å². The standard InChI is InChI=1S/C14H12ClFN2O/c15-13-8-17-18(10-13)9-12-5-11(3-1-2-4-19)6-14(16)7-12/h5-8,10,19H,2,4,9H2. The van der Waals surface area contributed by atoms with Gasteiger partial charge in [0.15, 0.2) is 0 Å². The van der Waals surface area contributed by atoms with Gasteiger partial charge in [-0.15, -0.1) is 0 Å². The highest BCUT2D eigenvalue weighted by Crippen LogP contribution is 2.12. The molecule has 0 aliphatic heterocycles. The number of nitrogens with zero attached hydrogens (tertiary/aromatic N) is 2. The molecule has 0 unspecified atom stereocenters. The van der Waals surface area contributed by atoms with Gasteiger partial charge in [0.1, 0.15) is 5.82 Å². The van der Waals surface area contributed by atoms with Crippen LogP contribution in [0.3, 0.4) is 0 Å². The average Bonchev–Trinajstić information content (AvgIpc) is 2.74. The van der Waals surface area contributed by atoms with Crippen LogP contribution in [-0.4, -0.2) is 21.5 Å². The summed E-state index contributed by atoms with van der Waals surface area (Å²) in [6.07, 6.45) is 3.58. The van der Waals surface area contributed by atoms with E-state index in [-0.39, 0.29) is 12.4 Å². The maximum atomic E-state index is 13.5. The molecule has 19 heavy (non-hydrogen) atoms. The van der Waals surface area contributed by atoms with Crippen molar-refractivity contribution >= 4 is 11.6 Å². The van der Waals surface area contributed by atoms with Gasteiger partial charge in [0.25, 0.3) is 0 Å². The Morgan fingerprint density at radius 1 is 1.37 bits per heavy atom. The van der Waals surface area contributed by atoms with Crippen LogP contribution in [0, 0.1) is 17.7 Å². The van der Waals surface area contributed by atoms with Crippen LogP contribution in [0.4, 0.5) is 4.39 Å². The highest BCUT2D eigenvalue weighted by Gasteiger charge is 2.02. The van der Waals surface area contributed by atoms with Crippen molar-refractivity contribution in [2.24, 2.45) is 0 Å². The van der Waals surface area contributed by atoms with Gasteiger partial charge < -0.3 is 5.11 Å². The molecule has 1 aromatic carbocycles. The lowest BCUT2D eigenvalue weighted by atomic mass is 10.1. The van der Waals surface area contributed by atoms with E-state index in [9.17, 15) is 4.39 Å². The Balaban J connectivity index is 2.19. The van der Waals surface area contributed by atoms with Crippen LogP contribution >= 0.6 is 11.6 Å². The monoisotopic (exact) mass is 278 g/mol. The maximum absolute atomic E-state index is 13.5. The fourth-order valence-corrected chi connectivity index (χ4v) is 1.80. The second-order valence-electron chi connectivity index (χ2n) is 3.98. The van der Waals surface area contributed by atoms with E-state index in [0.717, 1.165) is 5.56 Å². The molecule has 0 bridgehead atoms. The van der Waals surface area contributed by atoms with E-state index in [1.54, 1.807) is 16.9 Å². The minimum absolute atomic E-state index is 0.000952. The van der Waals surface area contributed by atoms with E-state index in [4.69, 9.17) is 16.7 Å². The molecule has 0 fully saturated rings. The van der Waals surface area contributed by atoms with Gasteiger partial charge in [0.05, 0.1) is 24.4 Å². The number of rotatable bonds is 3. The van der Waals surface area contributed by atoms with Crippen molar-refractivity contribution in [3.63, 3.8) is 0 Å². The van der Waals surface area contributed by atoms with Crippen LogP contribution < -0.4 is 0 Å². The molecular formula is C14H12ClFN2O. The third-order valence-electron chi connectivity index (χ3n) is 2.37. The molecule has 2 rings (SSSR count). The molecule has 3 nitrogen and oxygen atoms in total. The molecule has 0 saturated carbocycles. The summed E-state index contributed by atoms with van der Waals surface area (Å²) < 4.78 is 15.1. The van der Waals surface area contributed by atoms with E-state index >= 15 is 0 Å². The number of halogens is 2. The topological polar surface area (TPSA) is 38.0 Å². The van der Waals surface area contributed by atoms with Gasteiger partial charge in [-0.3, -0.25) is 4.68 Å². The van der Waals surface area contributed by atoms with Crippen molar-refractivity contribution in [2.75, 3.05) is 6.61 Å². The van der Waals surface area contributed by atoms with Gasteiger partial charge in [-0.05, 0) is 23.8 Å². The number of aromatic nitrogens is 2. The first-order chi connectivity index (χ1) is 9.17. The largest absolute Gasteiger partial charge is 0.395 e. The first-order valence-corrected chi connectivity index (χ1v) is 6.12. The van der Waals surface area contributed by atoms with Gasteiger partial charge in [-0.2, -0.15) is 5.10 Å². The lowest BCUT2D eigenvalue weighted by Gasteiger charge is -2.03. The van der Waals surface area contributed by atoms with Crippen molar-refractivity contribution in [2.45, 2.75) is 13.0 Å². The van der Waals surface area contributed by atoms with E-state index in [1.807, 2.05) is 0 Å². The van der Waals surface area contributed by atoms with Gasteiger partial charge >= 0.3 is 0 Å². The SMILES string of the molecule is OCCC#Cc1cc(F)cc(Cn2cc(Cl)cn2)c1. The Kier molecular flexibility index (Phi) is 4.56. The van der Waals surface area contributed by atoms with Crippen molar-refractivity contribution < 1.29 is 9.50 Å². The van der Waals surface area contributed by atoms with Crippen LogP contribution in [0.1, 0.15) is 17.5 Å². The minimum Gasteiger partial charge on any atom is -0.395 e. The average molecular weight is 279 g/mol.